The summed E-state index contributed by atoms with van der Waals surface area (Å²) in [5.41, 5.74) is 0. The Bertz CT molecular complexity index is 925. The van der Waals surface area contributed by atoms with Crippen molar-refractivity contribution in [2.75, 3.05) is 46.0 Å². The van der Waals surface area contributed by atoms with E-state index < -0.39 is 54.5 Å². The molecule has 3 aliphatic heterocycles. The van der Waals surface area contributed by atoms with Crippen LogP contribution in [0, 0.1) is 17.8 Å². The quantitative estimate of drug-likeness (QED) is 0.426. The number of rotatable bonds is 7. The predicted octanol–water partition coefficient (Wildman–Crippen LogP) is -0.411. The van der Waals surface area contributed by atoms with Crippen LogP contribution in [0.4, 0.5) is 13.2 Å². The number of amides is 4. The molecule has 0 aromatic heterocycles. The molecule has 1 saturated carbocycles. The Morgan fingerprint density at radius 2 is 1.84 bits per heavy atom. The minimum absolute atomic E-state index is 0.000475. The minimum atomic E-state index is -5.04. The number of alkyl halides is 3. The van der Waals surface area contributed by atoms with Crippen molar-refractivity contribution in [1.29, 1.82) is 0 Å². The van der Waals surface area contributed by atoms with Gasteiger partial charge < -0.3 is 25.2 Å². The first-order valence-electron chi connectivity index (χ1n) is 12.5. The monoisotopic (exact) mass is 532 g/mol. The van der Waals surface area contributed by atoms with Crippen molar-refractivity contribution >= 4 is 29.4 Å². The lowest BCUT2D eigenvalue weighted by molar-refractivity contribution is -0.321. The molecule has 0 bridgehead atoms. The van der Waals surface area contributed by atoms with E-state index in [1.54, 1.807) is 0 Å². The van der Waals surface area contributed by atoms with Gasteiger partial charge in [-0.05, 0) is 37.5 Å². The molecule has 11 nitrogen and oxygen atoms in total. The van der Waals surface area contributed by atoms with E-state index in [1.165, 1.54) is 9.80 Å². The molecule has 37 heavy (non-hydrogen) atoms. The highest BCUT2D eigenvalue weighted by atomic mass is 19.4. The average Bonchev–Trinajstić information content (AvgIpc) is 3.57. The maximum atomic E-state index is 13.5. The molecule has 4 rings (SSSR count). The van der Waals surface area contributed by atoms with Crippen molar-refractivity contribution in [2.45, 2.75) is 50.6 Å². The summed E-state index contributed by atoms with van der Waals surface area (Å²) in [5, 5.41) is 5.10. The molecule has 3 heterocycles. The molecule has 4 amide bonds. The minimum Gasteiger partial charge on any atom is -0.378 e. The lowest BCUT2D eigenvalue weighted by atomic mass is 9.92. The number of nitrogens with one attached hydrogen (secondary N) is 2. The van der Waals surface area contributed by atoms with Crippen LogP contribution in [0.2, 0.25) is 0 Å². The fraction of sp³-hybridized carbons (Fsp3) is 0.783. The van der Waals surface area contributed by atoms with Crippen LogP contribution in [0.3, 0.4) is 0 Å². The molecule has 3 saturated heterocycles. The van der Waals surface area contributed by atoms with Gasteiger partial charge in [-0.25, -0.2) is 0 Å². The molecular weight excluding hydrogens is 501 g/mol. The third-order valence-electron chi connectivity index (χ3n) is 7.67. The standard InChI is InChI=1S/C23H31F3N4O7/c24-23(25,26)37-12-17(31)16(10-13-4-5-27-19(13)32)28-20(33)18-15-3-1-2-14(15)11-30(18)22(35)21(34)29-6-8-36-9-7-29/h13-16,18H,1-12H2,(H,27,32)(H,28,33). The highest BCUT2D eigenvalue weighted by Gasteiger charge is 2.51. The van der Waals surface area contributed by atoms with Crippen LogP contribution < -0.4 is 10.6 Å². The van der Waals surface area contributed by atoms with Crippen LogP contribution in [0.25, 0.3) is 0 Å². The zero-order valence-corrected chi connectivity index (χ0v) is 20.3. The number of hydrogen-bond acceptors (Lipinski definition) is 7. The van der Waals surface area contributed by atoms with Crippen LogP contribution in [0.1, 0.15) is 32.1 Å². The molecule has 4 fully saturated rings. The van der Waals surface area contributed by atoms with Gasteiger partial charge in [0.2, 0.25) is 11.8 Å². The first-order chi connectivity index (χ1) is 17.5. The topological polar surface area (TPSA) is 134 Å². The first kappa shape index (κ1) is 27.3. The number of carbonyl (C=O) groups excluding carboxylic acids is 5. The lowest BCUT2D eigenvalue weighted by Crippen LogP contribution is -2.56. The second-order valence-electron chi connectivity index (χ2n) is 9.94. The number of halogens is 3. The maximum Gasteiger partial charge on any atom is 0.522 e. The zero-order chi connectivity index (χ0) is 26.7. The van der Waals surface area contributed by atoms with Crippen LogP contribution in [0.5, 0.6) is 0 Å². The van der Waals surface area contributed by atoms with Gasteiger partial charge in [-0.1, -0.05) is 6.42 Å². The normalized spacial score (nSPS) is 28.6. The summed E-state index contributed by atoms with van der Waals surface area (Å²) < 4.78 is 46.6. The van der Waals surface area contributed by atoms with Crippen molar-refractivity contribution in [3.8, 4) is 0 Å². The van der Waals surface area contributed by atoms with E-state index in [4.69, 9.17) is 4.74 Å². The van der Waals surface area contributed by atoms with E-state index in [1.807, 2.05) is 0 Å². The van der Waals surface area contributed by atoms with Crippen LogP contribution >= 0.6 is 0 Å². The highest BCUT2D eigenvalue weighted by molar-refractivity contribution is 6.35. The molecule has 0 radical (unpaired) electrons. The summed E-state index contributed by atoms with van der Waals surface area (Å²) in [6.07, 6.45) is -2.62. The van der Waals surface area contributed by atoms with E-state index >= 15 is 0 Å². The number of Topliss-reactive ketones (excluding diaryl/α,β-unsaturated/α-hetero) is 1. The largest absolute Gasteiger partial charge is 0.522 e. The summed E-state index contributed by atoms with van der Waals surface area (Å²) in [7, 11) is 0. The van der Waals surface area contributed by atoms with Crippen molar-refractivity contribution in [2.24, 2.45) is 17.8 Å². The Morgan fingerprint density at radius 3 is 2.49 bits per heavy atom. The van der Waals surface area contributed by atoms with E-state index in [0.717, 1.165) is 12.8 Å². The number of ketones is 1. The van der Waals surface area contributed by atoms with Crippen molar-refractivity contribution in [1.82, 2.24) is 20.4 Å². The smallest absolute Gasteiger partial charge is 0.378 e. The number of hydrogen-bond donors (Lipinski definition) is 2. The molecule has 5 unspecified atom stereocenters. The van der Waals surface area contributed by atoms with Gasteiger partial charge in [0.1, 0.15) is 12.6 Å². The summed E-state index contributed by atoms with van der Waals surface area (Å²) in [6, 6.07) is -2.46. The molecule has 5 atom stereocenters. The van der Waals surface area contributed by atoms with Gasteiger partial charge in [-0.2, -0.15) is 0 Å². The summed E-state index contributed by atoms with van der Waals surface area (Å²) in [4.78, 5) is 66.9. The van der Waals surface area contributed by atoms with E-state index in [2.05, 4.69) is 15.4 Å². The number of fused-ring (bicyclic) bond motifs is 1. The summed E-state index contributed by atoms with van der Waals surface area (Å²) in [5.74, 6) is -4.57. The molecular formula is C23H31F3N4O7. The summed E-state index contributed by atoms with van der Waals surface area (Å²) in [6.45, 7) is 0.341. The zero-order valence-electron chi connectivity index (χ0n) is 20.3. The third-order valence-corrected chi connectivity index (χ3v) is 7.67. The number of carbonyl (C=O) groups is 5. The first-order valence-corrected chi connectivity index (χ1v) is 12.5. The number of morpholine rings is 1. The molecule has 14 heteroatoms. The van der Waals surface area contributed by atoms with Gasteiger partial charge in [0.15, 0.2) is 5.78 Å². The Kier molecular flexibility index (Phi) is 8.36. The molecule has 0 spiro atoms. The van der Waals surface area contributed by atoms with Gasteiger partial charge in [0.05, 0.1) is 19.3 Å². The lowest BCUT2D eigenvalue weighted by Gasteiger charge is -2.32. The molecule has 206 valence electrons. The molecule has 0 aromatic rings. The second-order valence-corrected chi connectivity index (χ2v) is 9.94. The Hall–Kier alpha value is -2.74. The number of ether oxygens (including phenoxy) is 2. The molecule has 1 aliphatic carbocycles. The summed E-state index contributed by atoms with van der Waals surface area (Å²) >= 11 is 0. The predicted molar refractivity (Wildman–Crippen MR) is 118 cm³/mol. The fourth-order valence-corrected chi connectivity index (χ4v) is 5.81. The Morgan fingerprint density at radius 1 is 1.11 bits per heavy atom. The number of likely N-dealkylation sites (tertiary alicyclic amines) is 1. The van der Waals surface area contributed by atoms with Crippen LogP contribution in [-0.4, -0.2) is 104 Å². The van der Waals surface area contributed by atoms with Crippen molar-refractivity contribution in [3.63, 3.8) is 0 Å². The highest BCUT2D eigenvalue weighted by Crippen LogP contribution is 2.42. The van der Waals surface area contributed by atoms with Gasteiger partial charge in [-0.3, -0.25) is 28.7 Å². The molecule has 4 aliphatic rings. The van der Waals surface area contributed by atoms with Gasteiger partial charge >= 0.3 is 18.2 Å². The van der Waals surface area contributed by atoms with Crippen molar-refractivity contribution < 1.29 is 46.6 Å². The second kappa shape index (κ2) is 11.3. The average molecular weight is 533 g/mol. The van der Waals surface area contributed by atoms with Crippen molar-refractivity contribution in [3.05, 3.63) is 0 Å². The van der Waals surface area contributed by atoms with E-state index in [9.17, 15) is 37.1 Å². The molecule has 0 aromatic carbocycles. The van der Waals surface area contributed by atoms with Gasteiger partial charge in [-0.15, -0.1) is 13.2 Å². The van der Waals surface area contributed by atoms with Gasteiger partial charge in [0, 0.05) is 32.1 Å². The third kappa shape index (κ3) is 6.40. The van der Waals surface area contributed by atoms with Gasteiger partial charge in [0.25, 0.3) is 0 Å². The maximum absolute atomic E-state index is 13.5. The van der Waals surface area contributed by atoms with Crippen LogP contribution in [-0.2, 0) is 33.4 Å². The fourth-order valence-electron chi connectivity index (χ4n) is 5.81. The van der Waals surface area contributed by atoms with E-state index in [0.29, 0.717) is 32.6 Å². The SMILES string of the molecule is O=C1NCCC1CC(NC(=O)C1C2CCCC2CN1C(=O)C(=O)N1CCOCC1)C(=O)COC(F)(F)F. The van der Waals surface area contributed by atoms with Crippen LogP contribution in [0.15, 0.2) is 0 Å². The van der Waals surface area contributed by atoms with E-state index in [-0.39, 0.29) is 43.8 Å². The Balaban J connectivity index is 1.50. The molecule has 2 N–H and O–H groups in total. The number of nitrogens with zero attached hydrogens (tertiary/aromatic N) is 2. The Labute approximate surface area is 211 Å².